The molecule has 38 heavy (non-hydrogen) atoms. The maximum atomic E-state index is 4.30. The van der Waals surface area contributed by atoms with Crippen molar-refractivity contribution >= 4 is 21.8 Å². The summed E-state index contributed by atoms with van der Waals surface area (Å²) in [5.74, 6) is 0. The second kappa shape index (κ2) is 7.08. The fraction of sp³-hybridized carbons (Fsp3) is 0.0278. The number of rotatable bonds is 1. The van der Waals surface area contributed by atoms with Gasteiger partial charge in [0.05, 0.1) is 22.1 Å². The summed E-state index contributed by atoms with van der Waals surface area (Å²) in [7, 11) is 0. The minimum Gasteiger partial charge on any atom is -0.309 e. The van der Waals surface area contributed by atoms with E-state index in [1.807, 2.05) is 12.4 Å². The standard InChI is InChI=1S/C36H22N2/c1-4-12-29-25(9-1)26-10-2-5-13-30(26)36(29)31-14-6-8-16-34(31)38-33-15-7-3-11-27(33)28-21-24(22-32(36)35(28)38)23-17-19-37-20-18-23/h1-22H. The van der Waals surface area contributed by atoms with Crippen LogP contribution in [0.2, 0.25) is 0 Å². The van der Waals surface area contributed by atoms with Crippen molar-refractivity contribution in [2.45, 2.75) is 5.41 Å². The monoisotopic (exact) mass is 482 g/mol. The lowest BCUT2D eigenvalue weighted by molar-refractivity contribution is 0.749. The smallest absolute Gasteiger partial charge is 0.0754 e. The van der Waals surface area contributed by atoms with Gasteiger partial charge >= 0.3 is 0 Å². The van der Waals surface area contributed by atoms with Gasteiger partial charge in [0.2, 0.25) is 0 Å². The zero-order valence-electron chi connectivity index (χ0n) is 20.6. The maximum absolute atomic E-state index is 4.30. The minimum absolute atomic E-state index is 0.407. The highest BCUT2D eigenvalue weighted by molar-refractivity contribution is 6.14. The van der Waals surface area contributed by atoms with Gasteiger partial charge in [0.15, 0.2) is 0 Å². The number of para-hydroxylation sites is 2. The third kappa shape index (κ3) is 2.27. The van der Waals surface area contributed by atoms with Crippen LogP contribution in [-0.4, -0.2) is 9.55 Å². The van der Waals surface area contributed by atoms with Gasteiger partial charge in [-0.05, 0) is 80.9 Å². The topological polar surface area (TPSA) is 17.8 Å². The number of hydrogen-bond donors (Lipinski definition) is 0. The Morgan fingerprint density at radius 2 is 1.13 bits per heavy atom. The van der Waals surface area contributed by atoms with E-state index >= 15 is 0 Å². The molecule has 9 rings (SSSR count). The molecule has 3 heterocycles. The number of fused-ring (bicyclic) bond motifs is 12. The molecule has 0 saturated heterocycles. The van der Waals surface area contributed by atoms with Crippen LogP contribution < -0.4 is 0 Å². The van der Waals surface area contributed by atoms with Gasteiger partial charge in [-0.25, -0.2) is 0 Å². The van der Waals surface area contributed by atoms with Crippen molar-refractivity contribution in [3.05, 3.63) is 156 Å². The lowest BCUT2D eigenvalue weighted by Crippen LogP contribution is -2.33. The molecular weight excluding hydrogens is 460 g/mol. The van der Waals surface area contributed by atoms with Crippen LogP contribution in [0, 0.1) is 0 Å². The molecule has 2 aliphatic rings. The molecule has 0 atom stereocenters. The van der Waals surface area contributed by atoms with Crippen LogP contribution in [0.4, 0.5) is 0 Å². The van der Waals surface area contributed by atoms with Crippen molar-refractivity contribution in [1.82, 2.24) is 9.55 Å². The SMILES string of the molecule is c1ccc2c(c1)-c1ccccc1C21c2ccccc2-n2c3ccccc3c3cc(-c4ccncc4)cc1c32. The van der Waals surface area contributed by atoms with Crippen molar-refractivity contribution in [2.75, 3.05) is 0 Å². The van der Waals surface area contributed by atoms with E-state index in [0.717, 1.165) is 0 Å². The van der Waals surface area contributed by atoms with Gasteiger partial charge in [0, 0.05) is 23.2 Å². The first-order chi connectivity index (χ1) is 18.9. The Balaban J connectivity index is 1.58. The Morgan fingerprint density at radius 1 is 0.500 bits per heavy atom. The molecule has 0 fully saturated rings. The summed E-state index contributed by atoms with van der Waals surface area (Å²) in [5.41, 5.74) is 13.8. The highest BCUT2D eigenvalue weighted by atomic mass is 15.0. The van der Waals surface area contributed by atoms with Gasteiger partial charge in [-0.2, -0.15) is 0 Å². The predicted octanol–water partition coefficient (Wildman–Crippen LogP) is 8.52. The largest absolute Gasteiger partial charge is 0.309 e. The summed E-state index contributed by atoms with van der Waals surface area (Å²) in [5, 5.41) is 2.58. The Kier molecular flexibility index (Phi) is 3.76. The van der Waals surface area contributed by atoms with Gasteiger partial charge in [-0.3, -0.25) is 4.98 Å². The number of benzene rings is 5. The quantitative estimate of drug-likeness (QED) is 0.229. The molecule has 0 saturated carbocycles. The molecular formula is C36H22N2. The summed E-state index contributed by atoms with van der Waals surface area (Å²) in [6.07, 6.45) is 3.78. The fourth-order valence-corrected chi connectivity index (χ4v) is 7.29. The molecule has 5 aromatic carbocycles. The van der Waals surface area contributed by atoms with Crippen molar-refractivity contribution in [3.63, 3.8) is 0 Å². The molecule has 2 nitrogen and oxygen atoms in total. The van der Waals surface area contributed by atoms with E-state index in [9.17, 15) is 0 Å². The van der Waals surface area contributed by atoms with E-state index < -0.39 is 5.41 Å². The molecule has 0 amide bonds. The Bertz CT molecular complexity index is 2040. The Hall–Kier alpha value is -4.95. The van der Waals surface area contributed by atoms with E-state index in [1.165, 1.54) is 72.0 Å². The second-order valence-corrected chi connectivity index (χ2v) is 10.4. The zero-order valence-corrected chi connectivity index (χ0v) is 20.6. The summed E-state index contributed by atoms with van der Waals surface area (Å²) in [6, 6.07) is 44.9. The van der Waals surface area contributed by atoms with Crippen LogP contribution in [0.3, 0.4) is 0 Å². The van der Waals surface area contributed by atoms with Crippen LogP contribution in [0.15, 0.2) is 134 Å². The Labute approximate surface area is 220 Å². The Morgan fingerprint density at radius 3 is 1.89 bits per heavy atom. The highest BCUT2D eigenvalue weighted by Crippen LogP contribution is 2.61. The van der Waals surface area contributed by atoms with E-state index in [1.54, 1.807) is 0 Å². The van der Waals surface area contributed by atoms with Gasteiger partial charge in [0.1, 0.15) is 0 Å². The molecule has 1 aliphatic carbocycles. The van der Waals surface area contributed by atoms with Crippen LogP contribution >= 0.6 is 0 Å². The first kappa shape index (κ1) is 20.1. The number of nitrogens with zero attached hydrogens (tertiary/aromatic N) is 2. The van der Waals surface area contributed by atoms with Crippen molar-refractivity contribution < 1.29 is 0 Å². The lowest BCUT2D eigenvalue weighted by Gasteiger charge is -2.39. The molecule has 176 valence electrons. The zero-order chi connectivity index (χ0) is 24.8. The summed E-state index contributed by atoms with van der Waals surface area (Å²) < 4.78 is 2.50. The number of hydrogen-bond acceptors (Lipinski definition) is 1. The third-order valence-electron chi connectivity index (χ3n) is 8.69. The molecule has 0 unspecified atom stereocenters. The molecule has 0 N–H and O–H groups in total. The van der Waals surface area contributed by atoms with Crippen LogP contribution in [0.1, 0.15) is 22.3 Å². The predicted molar refractivity (Wildman–Crippen MR) is 155 cm³/mol. The molecule has 0 bridgehead atoms. The third-order valence-corrected chi connectivity index (χ3v) is 8.69. The second-order valence-electron chi connectivity index (χ2n) is 10.4. The van der Waals surface area contributed by atoms with Crippen molar-refractivity contribution in [3.8, 4) is 27.9 Å². The van der Waals surface area contributed by atoms with Crippen LogP contribution in [0.25, 0.3) is 49.7 Å². The average Bonchev–Trinajstić information content (AvgIpc) is 3.48. The first-order valence-corrected chi connectivity index (χ1v) is 13.1. The first-order valence-electron chi connectivity index (χ1n) is 13.1. The lowest BCUT2D eigenvalue weighted by atomic mass is 9.65. The molecule has 1 spiro atoms. The van der Waals surface area contributed by atoms with Crippen LogP contribution in [-0.2, 0) is 5.41 Å². The molecule has 0 radical (unpaired) electrons. The van der Waals surface area contributed by atoms with Gasteiger partial charge < -0.3 is 4.57 Å². The van der Waals surface area contributed by atoms with E-state index in [-0.39, 0.29) is 0 Å². The normalized spacial score (nSPS) is 14.0. The highest BCUT2D eigenvalue weighted by Gasteiger charge is 2.50. The van der Waals surface area contributed by atoms with Crippen molar-refractivity contribution in [2.24, 2.45) is 0 Å². The summed E-state index contributed by atoms with van der Waals surface area (Å²) in [6.45, 7) is 0. The van der Waals surface area contributed by atoms with Crippen molar-refractivity contribution in [1.29, 1.82) is 0 Å². The summed E-state index contributed by atoms with van der Waals surface area (Å²) in [4.78, 5) is 4.30. The van der Waals surface area contributed by atoms with Gasteiger partial charge in [-0.15, -0.1) is 0 Å². The van der Waals surface area contributed by atoms with E-state index in [4.69, 9.17) is 0 Å². The van der Waals surface area contributed by atoms with Crippen LogP contribution in [0.5, 0.6) is 0 Å². The maximum Gasteiger partial charge on any atom is 0.0754 e. The fourth-order valence-electron chi connectivity index (χ4n) is 7.29. The summed E-state index contributed by atoms with van der Waals surface area (Å²) >= 11 is 0. The van der Waals surface area contributed by atoms with E-state index in [2.05, 4.69) is 131 Å². The molecule has 2 aromatic heterocycles. The average molecular weight is 483 g/mol. The molecule has 2 heteroatoms. The minimum atomic E-state index is -0.407. The van der Waals surface area contributed by atoms with E-state index in [0.29, 0.717) is 0 Å². The van der Waals surface area contributed by atoms with Gasteiger partial charge in [-0.1, -0.05) is 84.9 Å². The number of pyridine rings is 1. The number of aromatic nitrogens is 2. The molecule has 7 aromatic rings. The van der Waals surface area contributed by atoms with Gasteiger partial charge in [0.25, 0.3) is 0 Å². The molecule has 1 aliphatic heterocycles.